The Hall–Kier alpha value is -4.01. The fourth-order valence-electron chi connectivity index (χ4n) is 5.22. The standard InChI is InChI=1S/C31H33F3N4O2/c1-19-23(8-6-9-25(19)31(32,33)34)20(2)35-28-24-18-22(11-12-26(24)38-15-7-10-27(38)36-28)21-13-16-37(17-14-21)29(39)40-30(3,4)5/h6-13,15,18,20H,14,16-17H2,1-5H3,(H,35,36). The van der Waals surface area contributed by atoms with E-state index < -0.39 is 23.4 Å². The summed E-state index contributed by atoms with van der Waals surface area (Å²) >= 11 is 0. The molecule has 2 aromatic carbocycles. The third kappa shape index (κ3) is 5.50. The van der Waals surface area contributed by atoms with Gasteiger partial charge in [-0.15, -0.1) is 0 Å². The number of fused-ring (bicyclic) bond motifs is 3. The second kappa shape index (κ2) is 10.2. The number of carbonyl (C=O) groups is 1. The molecule has 1 amide bonds. The van der Waals surface area contributed by atoms with Crippen LogP contribution in [-0.2, 0) is 10.9 Å². The van der Waals surface area contributed by atoms with E-state index in [1.807, 2.05) is 62.6 Å². The normalized spacial score (nSPS) is 15.3. The summed E-state index contributed by atoms with van der Waals surface area (Å²) in [7, 11) is 0. The van der Waals surface area contributed by atoms with Crippen molar-refractivity contribution in [2.75, 3.05) is 18.4 Å². The van der Waals surface area contributed by atoms with Gasteiger partial charge in [0.15, 0.2) is 0 Å². The molecule has 2 aromatic heterocycles. The van der Waals surface area contributed by atoms with Crippen molar-refractivity contribution >= 4 is 34.0 Å². The molecular weight excluding hydrogens is 517 g/mol. The van der Waals surface area contributed by atoms with Crippen LogP contribution in [0.1, 0.15) is 62.4 Å². The smallest absolute Gasteiger partial charge is 0.416 e. The van der Waals surface area contributed by atoms with Crippen LogP contribution in [0.4, 0.5) is 23.8 Å². The molecule has 1 atom stereocenters. The molecule has 0 bridgehead atoms. The van der Waals surface area contributed by atoms with Gasteiger partial charge in [-0.2, -0.15) is 13.2 Å². The fraction of sp³-hybridized carbons (Fsp3) is 0.355. The van der Waals surface area contributed by atoms with Crippen LogP contribution in [0.2, 0.25) is 0 Å². The third-order valence-corrected chi connectivity index (χ3v) is 7.20. The van der Waals surface area contributed by atoms with Crippen molar-refractivity contribution in [2.24, 2.45) is 0 Å². The fourth-order valence-corrected chi connectivity index (χ4v) is 5.22. The number of ether oxygens (including phenoxy) is 1. The zero-order valence-electron chi connectivity index (χ0n) is 23.3. The van der Waals surface area contributed by atoms with E-state index in [4.69, 9.17) is 9.72 Å². The second-order valence-electron chi connectivity index (χ2n) is 11.2. The van der Waals surface area contributed by atoms with Gasteiger partial charge in [-0.05, 0) is 93.6 Å². The van der Waals surface area contributed by atoms with Crippen LogP contribution in [0.3, 0.4) is 0 Å². The zero-order chi connectivity index (χ0) is 28.8. The van der Waals surface area contributed by atoms with Crippen molar-refractivity contribution in [2.45, 2.75) is 58.9 Å². The predicted octanol–water partition coefficient (Wildman–Crippen LogP) is 8.01. The van der Waals surface area contributed by atoms with E-state index in [0.29, 0.717) is 30.9 Å². The number of nitrogens with one attached hydrogen (secondary N) is 1. The van der Waals surface area contributed by atoms with Crippen molar-refractivity contribution in [3.63, 3.8) is 0 Å². The number of alkyl halides is 3. The number of anilines is 1. The first kappa shape index (κ1) is 27.6. The highest BCUT2D eigenvalue weighted by atomic mass is 19.4. The predicted molar refractivity (Wildman–Crippen MR) is 151 cm³/mol. The van der Waals surface area contributed by atoms with Gasteiger partial charge in [0.05, 0.1) is 17.1 Å². The molecule has 0 fully saturated rings. The molecule has 3 heterocycles. The summed E-state index contributed by atoms with van der Waals surface area (Å²) in [6.45, 7) is 9.90. The highest BCUT2D eigenvalue weighted by Crippen LogP contribution is 2.36. The SMILES string of the molecule is Cc1c(C(C)Nc2nc3cccn3c3ccc(C4=CCN(C(=O)OC(C)(C)C)CC4)cc23)cccc1C(F)(F)F. The topological polar surface area (TPSA) is 58.9 Å². The molecule has 1 unspecified atom stereocenters. The van der Waals surface area contributed by atoms with Gasteiger partial charge in [0, 0.05) is 24.7 Å². The largest absolute Gasteiger partial charge is 0.444 e. The second-order valence-corrected chi connectivity index (χ2v) is 11.2. The molecule has 0 saturated carbocycles. The molecule has 40 heavy (non-hydrogen) atoms. The van der Waals surface area contributed by atoms with Gasteiger partial charge in [0.25, 0.3) is 0 Å². The number of benzene rings is 2. The van der Waals surface area contributed by atoms with Crippen LogP contribution in [0, 0.1) is 6.92 Å². The molecular formula is C31H33F3N4O2. The molecule has 1 aliphatic heterocycles. The summed E-state index contributed by atoms with van der Waals surface area (Å²) in [6.07, 6.45) is -0.0969. The minimum Gasteiger partial charge on any atom is -0.444 e. The van der Waals surface area contributed by atoms with E-state index in [2.05, 4.69) is 17.4 Å². The Morgan fingerprint density at radius 1 is 1.10 bits per heavy atom. The number of rotatable bonds is 4. The van der Waals surface area contributed by atoms with Crippen LogP contribution >= 0.6 is 0 Å². The highest BCUT2D eigenvalue weighted by Gasteiger charge is 2.33. The van der Waals surface area contributed by atoms with Gasteiger partial charge in [-0.3, -0.25) is 0 Å². The Morgan fingerprint density at radius 3 is 2.55 bits per heavy atom. The first-order valence-electron chi connectivity index (χ1n) is 13.3. The highest BCUT2D eigenvalue weighted by molar-refractivity contribution is 5.94. The summed E-state index contributed by atoms with van der Waals surface area (Å²) in [4.78, 5) is 19.0. The van der Waals surface area contributed by atoms with Gasteiger partial charge >= 0.3 is 12.3 Å². The number of halogens is 3. The molecule has 4 aromatic rings. The van der Waals surface area contributed by atoms with Crippen molar-refractivity contribution in [3.8, 4) is 0 Å². The molecule has 0 aliphatic carbocycles. The van der Waals surface area contributed by atoms with Crippen LogP contribution < -0.4 is 5.32 Å². The van der Waals surface area contributed by atoms with Crippen LogP contribution in [0.25, 0.3) is 22.1 Å². The van der Waals surface area contributed by atoms with Gasteiger partial charge in [0.2, 0.25) is 0 Å². The molecule has 5 rings (SSSR count). The summed E-state index contributed by atoms with van der Waals surface area (Å²) < 4.78 is 48.2. The maximum atomic E-state index is 13.6. The number of carbonyl (C=O) groups excluding carboxylic acids is 1. The number of hydrogen-bond donors (Lipinski definition) is 1. The Balaban J connectivity index is 1.49. The van der Waals surface area contributed by atoms with Crippen molar-refractivity contribution < 1.29 is 22.7 Å². The van der Waals surface area contributed by atoms with Crippen molar-refractivity contribution in [3.05, 3.63) is 83.1 Å². The van der Waals surface area contributed by atoms with Gasteiger partial charge in [-0.1, -0.05) is 24.3 Å². The van der Waals surface area contributed by atoms with E-state index >= 15 is 0 Å². The maximum Gasteiger partial charge on any atom is 0.416 e. The van der Waals surface area contributed by atoms with Gasteiger partial charge < -0.3 is 19.4 Å². The van der Waals surface area contributed by atoms with Crippen molar-refractivity contribution in [1.29, 1.82) is 0 Å². The van der Waals surface area contributed by atoms with E-state index in [1.54, 1.807) is 11.0 Å². The maximum absolute atomic E-state index is 13.6. The minimum absolute atomic E-state index is 0.200. The molecule has 0 radical (unpaired) electrons. The lowest BCUT2D eigenvalue weighted by atomic mass is 9.96. The number of hydrogen-bond acceptors (Lipinski definition) is 4. The number of amides is 1. The Morgan fingerprint density at radius 2 is 1.88 bits per heavy atom. The Labute approximate surface area is 231 Å². The van der Waals surface area contributed by atoms with Crippen LogP contribution in [-0.4, -0.2) is 39.1 Å². The monoisotopic (exact) mass is 550 g/mol. The average Bonchev–Trinajstić information content (AvgIpc) is 3.36. The van der Waals surface area contributed by atoms with E-state index in [1.165, 1.54) is 13.0 Å². The van der Waals surface area contributed by atoms with E-state index in [9.17, 15) is 18.0 Å². The molecule has 0 saturated heterocycles. The average molecular weight is 551 g/mol. The Kier molecular flexibility index (Phi) is 7.02. The van der Waals surface area contributed by atoms with Gasteiger partial charge in [0.1, 0.15) is 17.1 Å². The summed E-state index contributed by atoms with van der Waals surface area (Å²) in [6, 6.07) is 13.8. The lowest BCUT2D eigenvalue weighted by molar-refractivity contribution is -0.138. The molecule has 0 spiro atoms. The first-order chi connectivity index (χ1) is 18.8. The summed E-state index contributed by atoms with van der Waals surface area (Å²) in [5.41, 5.74) is 3.37. The molecule has 9 heteroatoms. The number of nitrogens with zero attached hydrogens (tertiary/aromatic N) is 3. The molecule has 210 valence electrons. The van der Waals surface area contributed by atoms with Crippen LogP contribution in [0.5, 0.6) is 0 Å². The molecule has 6 nitrogen and oxygen atoms in total. The molecule has 1 N–H and O–H groups in total. The molecule has 1 aliphatic rings. The quantitative estimate of drug-likeness (QED) is 0.280. The lowest BCUT2D eigenvalue weighted by Gasteiger charge is -2.29. The summed E-state index contributed by atoms with van der Waals surface area (Å²) in [5.74, 6) is 0.596. The van der Waals surface area contributed by atoms with E-state index in [0.717, 1.165) is 33.8 Å². The van der Waals surface area contributed by atoms with Crippen molar-refractivity contribution in [1.82, 2.24) is 14.3 Å². The Bertz CT molecular complexity index is 1610. The summed E-state index contributed by atoms with van der Waals surface area (Å²) in [5, 5.41) is 4.25. The van der Waals surface area contributed by atoms with Crippen LogP contribution in [0.15, 0.2) is 60.8 Å². The minimum atomic E-state index is -4.42. The zero-order valence-corrected chi connectivity index (χ0v) is 23.3. The van der Waals surface area contributed by atoms with Gasteiger partial charge in [-0.25, -0.2) is 9.78 Å². The first-order valence-corrected chi connectivity index (χ1v) is 13.3. The number of aromatic nitrogens is 2. The lowest BCUT2D eigenvalue weighted by Crippen LogP contribution is -2.39. The van der Waals surface area contributed by atoms with E-state index in [-0.39, 0.29) is 11.7 Å². The third-order valence-electron chi connectivity index (χ3n) is 7.20.